The molecule has 0 saturated heterocycles. The van der Waals surface area contributed by atoms with E-state index in [2.05, 4.69) is 42.1 Å². The summed E-state index contributed by atoms with van der Waals surface area (Å²) in [7, 11) is 0. The van der Waals surface area contributed by atoms with E-state index in [0.29, 0.717) is 28.7 Å². The van der Waals surface area contributed by atoms with E-state index in [4.69, 9.17) is 4.98 Å². The molecule has 0 bridgehead atoms. The van der Waals surface area contributed by atoms with Crippen LogP contribution in [0.2, 0.25) is 0 Å². The average molecular weight is 490 g/mol. The Balaban J connectivity index is 1.52. The van der Waals surface area contributed by atoms with Crippen molar-refractivity contribution in [3.8, 4) is 11.4 Å². The van der Waals surface area contributed by atoms with Crippen LogP contribution in [-0.4, -0.2) is 45.2 Å². The molecule has 0 radical (unpaired) electrons. The molecule has 0 aliphatic heterocycles. The Kier molecular flexibility index (Phi) is 6.42. The van der Waals surface area contributed by atoms with Crippen LogP contribution in [0.1, 0.15) is 62.8 Å². The standard InChI is InChI=1S/C24H27N9OS/c1-5-35-16-8-25-18(26-9-16)11-28-22-24(34)33(13(2)3)23-17(31-22)10-27-21(32-23)19-14(4)29-12-30-20(19)15-6-7-15/h8-10,12-13,15H,5-7,11H2,1-4H3,(H,28,31). The van der Waals surface area contributed by atoms with Gasteiger partial charge in [0.05, 0.1) is 29.7 Å². The highest BCUT2D eigenvalue weighted by Crippen LogP contribution is 2.43. The van der Waals surface area contributed by atoms with E-state index in [1.807, 2.05) is 20.8 Å². The van der Waals surface area contributed by atoms with E-state index in [9.17, 15) is 4.79 Å². The van der Waals surface area contributed by atoms with Crippen LogP contribution in [-0.2, 0) is 6.54 Å². The summed E-state index contributed by atoms with van der Waals surface area (Å²) >= 11 is 1.68. The van der Waals surface area contributed by atoms with Crippen molar-refractivity contribution < 1.29 is 0 Å². The van der Waals surface area contributed by atoms with Crippen LogP contribution in [0.5, 0.6) is 0 Å². The molecule has 0 spiro atoms. The Labute approximate surface area is 207 Å². The van der Waals surface area contributed by atoms with Crippen molar-refractivity contribution in [1.29, 1.82) is 0 Å². The summed E-state index contributed by atoms with van der Waals surface area (Å²) in [6.45, 7) is 8.21. The average Bonchev–Trinajstić information content (AvgIpc) is 3.69. The summed E-state index contributed by atoms with van der Waals surface area (Å²) in [5.74, 6) is 2.70. The molecule has 0 aromatic carbocycles. The SMILES string of the molecule is CCSc1cnc(CNc2nc3cnc(-c4c(C)ncnc4C4CC4)nc3n(C(C)C)c2=O)nc1. The third-order valence-corrected chi connectivity index (χ3v) is 6.64. The maximum Gasteiger partial charge on any atom is 0.295 e. The van der Waals surface area contributed by atoms with Crippen LogP contribution in [0.15, 0.2) is 34.6 Å². The van der Waals surface area contributed by atoms with Crippen molar-refractivity contribution in [2.24, 2.45) is 0 Å². The van der Waals surface area contributed by atoms with E-state index < -0.39 is 0 Å². The first-order chi connectivity index (χ1) is 17.0. The minimum Gasteiger partial charge on any atom is -0.358 e. The van der Waals surface area contributed by atoms with Gasteiger partial charge in [-0.05, 0) is 39.4 Å². The number of aryl methyl sites for hydroxylation is 1. The minimum absolute atomic E-state index is 0.131. The molecule has 1 aliphatic rings. The van der Waals surface area contributed by atoms with Gasteiger partial charge in [0.1, 0.15) is 17.7 Å². The van der Waals surface area contributed by atoms with E-state index in [1.54, 1.807) is 41.2 Å². The predicted molar refractivity (Wildman–Crippen MR) is 135 cm³/mol. The highest BCUT2D eigenvalue weighted by molar-refractivity contribution is 7.99. The molecule has 1 saturated carbocycles. The maximum atomic E-state index is 13.4. The number of aromatic nitrogens is 8. The molecule has 11 heteroatoms. The lowest BCUT2D eigenvalue weighted by Gasteiger charge is -2.16. The zero-order valence-electron chi connectivity index (χ0n) is 20.2. The van der Waals surface area contributed by atoms with Gasteiger partial charge in [0, 0.05) is 29.2 Å². The molecule has 4 aromatic heterocycles. The third kappa shape index (κ3) is 4.72. The molecular weight excluding hydrogens is 462 g/mol. The zero-order valence-corrected chi connectivity index (χ0v) is 21.0. The van der Waals surface area contributed by atoms with Crippen LogP contribution in [0.25, 0.3) is 22.6 Å². The van der Waals surface area contributed by atoms with Crippen LogP contribution >= 0.6 is 11.8 Å². The molecule has 0 atom stereocenters. The van der Waals surface area contributed by atoms with Crippen LogP contribution in [0.4, 0.5) is 5.82 Å². The second-order valence-corrected chi connectivity index (χ2v) is 10.1. The third-order valence-electron chi connectivity index (χ3n) is 5.81. The number of fused-ring (bicyclic) bond motifs is 1. The Bertz CT molecular complexity index is 1430. The lowest BCUT2D eigenvalue weighted by atomic mass is 10.1. The molecule has 1 N–H and O–H groups in total. The number of hydrogen-bond donors (Lipinski definition) is 1. The number of hydrogen-bond acceptors (Lipinski definition) is 10. The van der Waals surface area contributed by atoms with Crippen molar-refractivity contribution in [3.05, 3.63) is 52.5 Å². The van der Waals surface area contributed by atoms with Crippen molar-refractivity contribution in [3.63, 3.8) is 0 Å². The first-order valence-electron chi connectivity index (χ1n) is 11.7. The van der Waals surface area contributed by atoms with Crippen molar-refractivity contribution in [1.82, 2.24) is 39.5 Å². The van der Waals surface area contributed by atoms with Gasteiger partial charge in [0.25, 0.3) is 5.56 Å². The van der Waals surface area contributed by atoms with E-state index in [-0.39, 0.29) is 24.0 Å². The number of thioether (sulfide) groups is 1. The van der Waals surface area contributed by atoms with Crippen molar-refractivity contribution >= 4 is 28.7 Å². The normalized spacial score (nSPS) is 13.5. The summed E-state index contributed by atoms with van der Waals surface area (Å²) in [4.78, 5) is 46.0. The summed E-state index contributed by atoms with van der Waals surface area (Å²) < 4.78 is 1.65. The molecule has 10 nitrogen and oxygen atoms in total. The molecular formula is C24H27N9OS. The van der Waals surface area contributed by atoms with Gasteiger partial charge >= 0.3 is 0 Å². The first-order valence-corrected chi connectivity index (χ1v) is 12.7. The molecule has 0 amide bonds. The molecule has 5 rings (SSSR count). The van der Waals surface area contributed by atoms with Crippen LogP contribution in [0.3, 0.4) is 0 Å². The van der Waals surface area contributed by atoms with Crippen LogP contribution in [0, 0.1) is 6.92 Å². The summed E-state index contributed by atoms with van der Waals surface area (Å²) in [6, 6.07) is -0.131. The van der Waals surface area contributed by atoms with Gasteiger partial charge in [-0.1, -0.05) is 6.92 Å². The van der Waals surface area contributed by atoms with E-state index >= 15 is 0 Å². The van der Waals surface area contributed by atoms with Crippen LogP contribution < -0.4 is 10.9 Å². The van der Waals surface area contributed by atoms with Crippen molar-refractivity contribution in [2.45, 2.75) is 63.9 Å². The molecule has 4 heterocycles. The Hall–Kier alpha value is -3.47. The summed E-state index contributed by atoms with van der Waals surface area (Å²) in [6.07, 6.45) is 9.05. The second-order valence-electron chi connectivity index (χ2n) is 8.75. The fourth-order valence-corrected chi connectivity index (χ4v) is 4.58. The molecule has 180 valence electrons. The smallest absolute Gasteiger partial charge is 0.295 e. The lowest BCUT2D eigenvalue weighted by Crippen LogP contribution is -2.28. The first kappa shape index (κ1) is 23.3. The van der Waals surface area contributed by atoms with Gasteiger partial charge in [-0.3, -0.25) is 9.36 Å². The molecule has 35 heavy (non-hydrogen) atoms. The lowest BCUT2D eigenvalue weighted by molar-refractivity contribution is 0.593. The Morgan fingerprint density at radius 2 is 1.86 bits per heavy atom. The fourth-order valence-electron chi connectivity index (χ4n) is 3.99. The zero-order chi connectivity index (χ0) is 24.5. The Morgan fingerprint density at radius 3 is 2.54 bits per heavy atom. The number of rotatable bonds is 8. The monoisotopic (exact) mass is 489 g/mol. The fraction of sp³-hybridized carbons (Fsp3) is 0.417. The number of anilines is 1. The van der Waals surface area contributed by atoms with Gasteiger partial charge in [-0.25, -0.2) is 34.9 Å². The highest BCUT2D eigenvalue weighted by atomic mass is 32.2. The van der Waals surface area contributed by atoms with E-state index in [0.717, 1.165) is 40.4 Å². The largest absolute Gasteiger partial charge is 0.358 e. The number of nitrogens with one attached hydrogen (secondary N) is 1. The summed E-state index contributed by atoms with van der Waals surface area (Å²) in [5.41, 5.74) is 3.42. The van der Waals surface area contributed by atoms with E-state index in [1.165, 1.54) is 0 Å². The highest BCUT2D eigenvalue weighted by Gasteiger charge is 2.30. The van der Waals surface area contributed by atoms with Gasteiger partial charge in [-0.15, -0.1) is 11.8 Å². The quantitative estimate of drug-likeness (QED) is 0.364. The molecule has 1 aliphatic carbocycles. The van der Waals surface area contributed by atoms with Gasteiger partial charge < -0.3 is 5.32 Å². The summed E-state index contributed by atoms with van der Waals surface area (Å²) in [5, 5.41) is 3.10. The Morgan fingerprint density at radius 1 is 1.09 bits per heavy atom. The molecule has 4 aromatic rings. The minimum atomic E-state index is -0.251. The predicted octanol–water partition coefficient (Wildman–Crippen LogP) is 3.92. The second kappa shape index (κ2) is 9.65. The number of nitrogens with zero attached hydrogens (tertiary/aromatic N) is 8. The van der Waals surface area contributed by atoms with Gasteiger partial charge in [-0.2, -0.15) is 0 Å². The topological polar surface area (TPSA) is 124 Å². The molecule has 1 fully saturated rings. The van der Waals surface area contributed by atoms with Crippen molar-refractivity contribution in [2.75, 3.05) is 11.1 Å². The van der Waals surface area contributed by atoms with Gasteiger partial charge in [0.15, 0.2) is 17.3 Å². The van der Waals surface area contributed by atoms with Gasteiger partial charge in [0.2, 0.25) is 0 Å². The molecule has 0 unspecified atom stereocenters. The maximum absolute atomic E-state index is 13.4.